The molecule has 0 aliphatic carbocycles. The lowest BCUT2D eigenvalue weighted by atomic mass is 10.0. The third-order valence-electron chi connectivity index (χ3n) is 5.41. The highest BCUT2D eigenvalue weighted by atomic mass is 19.1. The summed E-state index contributed by atoms with van der Waals surface area (Å²) < 4.78 is 19.3. The predicted molar refractivity (Wildman–Crippen MR) is 131 cm³/mol. The number of halogens is 1. The van der Waals surface area contributed by atoms with Crippen LogP contribution in [-0.2, 0) is 22.6 Å². The molecule has 34 heavy (non-hydrogen) atoms. The van der Waals surface area contributed by atoms with E-state index in [-0.39, 0.29) is 36.8 Å². The van der Waals surface area contributed by atoms with Crippen molar-refractivity contribution in [3.63, 3.8) is 0 Å². The highest BCUT2D eigenvalue weighted by Crippen LogP contribution is 2.19. The number of carbonyl (C=O) groups is 2. The van der Waals surface area contributed by atoms with Crippen molar-refractivity contribution < 1.29 is 18.7 Å². The normalized spacial score (nSPS) is 11.7. The number of aryl methyl sites for hydroxylation is 1. The number of carbonyl (C=O) groups excluding carboxylic acids is 2. The third kappa shape index (κ3) is 7.17. The predicted octanol–water partition coefficient (Wildman–Crippen LogP) is 4.68. The summed E-state index contributed by atoms with van der Waals surface area (Å²) in [7, 11) is 0. The summed E-state index contributed by atoms with van der Waals surface area (Å²) in [5.41, 5.74) is 2.57. The molecule has 3 aromatic carbocycles. The maximum Gasteiger partial charge on any atom is 0.261 e. The van der Waals surface area contributed by atoms with Gasteiger partial charge in [0.25, 0.3) is 5.91 Å². The van der Waals surface area contributed by atoms with Crippen molar-refractivity contribution in [2.45, 2.75) is 45.8 Å². The molecule has 0 unspecified atom stereocenters. The summed E-state index contributed by atoms with van der Waals surface area (Å²) in [5.74, 6) is -0.315. The molecule has 0 radical (unpaired) electrons. The van der Waals surface area contributed by atoms with Gasteiger partial charge in [-0.15, -0.1) is 0 Å². The fraction of sp³-hybridized carbons (Fsp3) is 0.286. The summed E-state index contributed by atoms with van der Waals surface area (Å²) in [6.07, 6.45) is 0.344. The van der Waals surface area contributed by atoms with Gasteiger partial charge in [-0.25, -0.2) is 4.39 Å². The van der Waals surface area contributed by atoms with Crippen molar-refractivity contribution in [2.75, 3.05) is 6.61 Å². The van der Waals surface area contributed by atoms with Crippen LogP contribution in [0.2, 0.25) is 0 Å². The standard InChI is InChI=1S/C28H31FN2O3/c1-20(2)30-28(33)25(17-22-10-5-4-6-11-22)31(18-23-13-15-24(29)16-14-23)27(32)19-34-26-12-8-7-9-21(26)3/h4-16,20,25H,17-19H2,1-3H3,(H,30,33)/t25-/m1/s1. The lowest BCUT2D eigenvalue weighted by molar-refractivity contribution is -0.143. The molecule has 0 aliphatic rings. The number of nitrogens with one attached hydrogen (secondary N) is 1. The molecule has 0 saturated heterocycles. The Balaban J connectivity index is 1.91. The number of hydrogen-bond acceptors (Lipinski definition) is 3. The second-order valence-electron chi connectivity index (χ2n) is 8.57. The minimum absolute atomic E-state index is 0.0863. The van der Waals surface area contributed by atoms with Crippen LogP contribution in [-0.4, -0.2) is 35.4 Å². The average Bonchev–Trinajstić information content (AvgIpc) is 2.82. The first kappa shape index (κ1) is 25.0. The van der Waals surface area contributed by atoms with Crippen LogP contribution >= 0.6 is 0 Å². The Morgan fingerprint density at radius 1 is 0.912 bits per heavy atom. The SMILES string of the molecule is Cc1ccccc1OCC(=O)N(Cc1ccc(F)cc1)[C@H](Cc1ccccc1)C(=O)NC(C)C. The first-order chi connectivity index (χ1) is 16.3. The summed E-state index contributed by atoms with van der Waals surface area (Å²) in [4.78, 5) is 28.3. The van der Waals surface area contributed by atoms with E-state index in [0.717, 1.165) is 16.7 Å². The molecule has 1 N–H and O–H groups in total. The topological polar surface area (TPSA) is 58.6 Å². The van der Waals surface area contributed by atoms with Crippen molar-refractivity contribution in [2.24, 2.45) is 0 Å². The second kappa shape index (κ2) is 12.0. The van der Waals surface area contributed by atoms with Crippen molar-refractivity contribution in [1.29, 1.82) is 0 Å². The van der Waals surface area contributed by atoms with Gasteiger partial charge in [0.15, 0.2) is 6.61 Å². The quantitative estimate of drug-likeness (QED) is 0.476. The third-order valence-corrected chi connectivity index (χ3v) is 5.41. The fourth-order valence-corrected chi connectivity index (χ4v) is 3.66. The molecule has 6 heteroatoms. The Bertz CT molecular complexity index is 1080. The molecule has 0 saturated carbocycles. The van der Waals surface area contributed by atoms with Crippen LogP contribution in [0.15, 0.2) is 78.9 Å². The molecule has 178 valence electrons. The van der Waals surface area contributed by atoms with E-state index in [2.05, 4.69) is 5.32 Å². The molecule has 3 rings (SSSR count). The van der Waals surface area contributed by atoms with E-state index in [1.807, 2.05) is 69.3 Å². The highest BCUT2D eigenvalue weighted by Gasteiger charge is 2.31. The van der Waals surface area contributed by atoms with Crippen LogP contribution in [0, 0.1) is 12.7 Å². The summed E-state index contributed by atoms with van der Waals surface area (Å²) in [5, 5.41) is 2.94. The molecular weight excluding hydrogens is 431 g/mol. The van der Waals surface area contributed by atoms with Gasteiger partial charge in [-0.3, -0.25) is 9.59 Å². The van der Waals surface area contributed by atoms with Crippen molar-refractivity contribution in [3.8, 4) is 5.75 Å². The maximum atomic E-state index is 13.5. The number of nitrogens with zero attached hydrogens (tertiary/aromatic N) is 1. The van der Waals surface area contributed by atoms with Gasteiger partial charge in [0.2, 0.25) is 5.91 Å². The van der Waals surface area contributed by atoms with E-state index in [9.17, 15) is 14.0 Å². The molecule has 0 aliphatic heterocycles. The van der Waals surface area contributed by atoms with Crippen LogP contribution in [0.5, 0.6) is 5.75 Å². The molecule has 0 spiro atoms. The first-order valence-corrected chi connectivity index (χ1v) is 11.4. The van der Waals surface area contributed by atoms with Crippen LogP contribution < -0.4 is 10.1 Å². The van der Waals surface area contributed by atoms with Crippen molar-refractivity contribution >= 4 is 11.8 Å². The first-order valence-electron chi connectivity index (χ1n) is 11.4. The molecule has 0 heterocycles. The van der Waals surface area contributed by atoms with Crippen LogP contribution in [0.4, 0.5) is 4.39 Å². The number of hydrogen-bond donors (Lipinski definition) is 1. The van der Waals surface area contributed by atoms with Gasteiger partial charge in [-0.05, 0) is 55.7 Å². The number of benzene rings is 3. The zero-order valence-electron chi connectivity index (χ0n) is 19.8. The Kier molecular flexibility index (Phi) is 8.79. The van der Waals surface area contributed by atoms with Gasteiger partial charge in [-0.2, -0.15) is 0 Å². The largest absolute Gasteiger partial charge is 0.484 e. The minimum Gasteiger partial charge on any atom is -0.484 e. The maximum absolute atomic E-state index is 13.5. The van der Waals surface area contributed by atoms with Gasteiger partial charge in [-0.1, -0.05) is 60.7 Å². The molecule has 5 nitrogen and oxygen atoms in total. The molecule has 0 aromatic heterocycles. The second-order valence-corrected chi connectivity index (χ2v) is 8.57. The van der Waals surface area contributed by atoms with E-state index < -0.39 is 6.04 Å². The number of para-hydroxylation sites is 1. The average molecular weight is 463 g/mol. The van der Waals surface area contributed by atoms with Crippen molar-refractivity contribution in [3.05, 3.63) is 101 Å². The summed E-state index contributed by atoms with van der Waals surface area (Å²) >= 11 is 0. The summed E-state index contributed by atoms with van der Waals surface area (Å²) in [6.45, 7) is 5.60. The van der Waals surface area contributed by atoms with Gasteiger partial charge in [0, 0.05) is 19.0 Å². The van der Waals surface area contributed by atoms with E-state index in [1.165, 1.54) is 17.0 Å². The van der Waals surface area contributed by atoms with E-state index >= 15 is 0 Å². The van der Waals surface area contributed by atoms with Gasteiger partial charge in [0.1, 0.15) is 17.6 Å². The van der Waals surface area contributed by atoms with E-state index in [1.54, 1.807) is 18.2 Å². The van der Waals surface area contributed by atoms with Crippen LogP contribution in [0.25, 0.3) is 0 Å². The van der Waals surface area contributed by atoms with Gasteiger partial charge < -0.3 is 15.0 Å². The number of amides is 2. The lowest BCUT2D eigenvalue weighted by Gasteiger charge is -2.32. The number of rotatable bonds is 10. The Morgan fingerprint density at radius 2 is 1.56 bits per heavy atom. The Hall–Kier alpha value is -3.67. The van der Waals surface area contributed by atoms with Crippen LogP contribution in [0.1, 0.15) is 30.5 Å². The van der Waals surface area contributed by atoms with E-state index in [4.69, 9.17) is 4.74 Å². The minimum atomic E-state index is -0.761. The summed E-state index contributed by atoms with van der Waals surface area (Å²) in [6, 6.07) is 22.1. The monoisotopic (exact) mass is 462 g/mol. The smallest absolute Gasteiger partial charge is 0.261 e. The fourth-order valence-electron chi connectivity index (χ4n) is 3.66. The van der Waals surface area contributed by atoms with E-state index in [0.29, 0.717) is 12.2 Å². The van der Waals surface area contributed by atoms with Gasteiger partial charge >= 0.3 is 0 Å². The molecule has 0 bridgehead atoms. The lowest BCUT2D eigenvalue weighted by Crippen LogP contribution is -2.52. The zero-order valence-corrected chi connectivity index (χ0v) is 19.8. The highest BCUT2D eigenvalue weighted by molar-refractivity contribution is 5.88. The number of ether oxygens (including phenoxy) is 1. The van der Waals surface area contributed by atoms with Crippen molar-refractivity contribution in [1.82, 2.24) is 10.2 Å². The Labute approximate surface area is 200 Å². The van der Waals surface area contributed by atoms with Crippen LogP contribution in [0.3, 0.4) is 0 Å². The zero-order chi connectivity index (χ0) is 24.5. The molecule has 2 amide bonds. The van der Waals surface area contributed by atoms with Gasteiger partial charge in [0.05, 0.1) is 0 Å². The molecule has 0 fully saturated rings. The molecular formula is C28H31FN2O3. The molecule has 3 aromatic rings. The molecule has 1 atom stereocenters. The Morgan fingerprint density at radius 3 is 2.21 bits per heavy atom.